The van der Waals surface area contributed by atoms with Crippen molar-refractivity contribution in [3.05, 3.63) is 64.0 Å². The summed E-state index contributed by atoms with van der Waals surface area (Å²) in [5.74, 6) is -1.97. The molecule has 4 aromatic rings. The summed E-state index contributed by atoms with van der Waals surface area (Å²) in [5, 5.41) is 27.6. The number of piperidine rings is 1. The molecule has 40 heavy (non-hydrogen) atoms. The molecule has 210 valence electrons. The molecule has 2 unspecified atom stereocenters. The van der Waals surface area contributed by atoms with Crippen LogP contribution in [-0.4, -0.2) is 65.6 Å². The third kappa shape index (κ3) is 5.82. The Balaban J connectivity index is 1.36. The zero-order valence-electron chi connectivity index (χ0n) is 20.5. The summed E-state index contributed by atoms with van der Waals surface area (Å²) in [6, 6.07) is 7.74. The maximum absolute atomic E-state index is 14.1. The van der Waals surface area contributed by atoms with Gasteiger partial charge in [0.25, 0.3) is 5.89 Å². The van der Waals surface area contributed by atoms with E-state index in [1.807, 2.05) is 4.90 Å². The van der Waals surface area contributed by atoms with Crippen LogP contribution in [0.2, 0.25) is 10.0 Å². The number of pyridine rings is 1. The monoisotopic (exact) mass is 596 g/mol. The second-order valence-electron chi connectivity index (χ2n) is 9.27. The van der Waals surface area contributed by atoms with Crippen molar-refractivity contribution in [1.82, 2.24) is 29.8 Å². The van der Waals surface area contributed by atoms with Crippen LogP contribution in [-0.2, 0) is 11.0 Å². The van der Waals surface area contributed by atoms with Crippen molar-refractivity contribution in [3.8, 4) is 28.7 Å². The fourth-order valence-corrected chi connectivity index (χ4v) is 5.04. The summed E-state index contributed by atoms with van der Waals surface area (Å²) in [6.45, 7) is 1.33. The molecule has 3 aromatic heterocycles. The molecule has 2 N–H and O–H groups in total. The third-order valence-corrected chi connectivity index (χ3v) is 7.01. The maximum Gasteiger partial charge on any atom is 0.434 e. The Morgan fingerprint density at radius 2 is 1.95 bits per heavy atom. The smallest absolute Gasteiger partial charge is 0.434 e. The lowest BCUT2D eigenvalue weighted by Crippen LogP contribution is -2.40. The second-order valence-corrected chi connectivity index (χ2v) is 10.1. The Hall–Kier alpha value is -3.52. The van der Waals surface area contributed by atoms with Gasteiger partial charge in [0.2, 0.25) is 5.82 Å². The number of likely N-dealkylation sites (tertiary alicyclic amines) is 1. The normalized spacial score (nSPS) is 17.2. The van der Waals surface area contributed by atoms with Crippen molar-refractivity contribution in [1.29, 1.82) is 0 Å². The van der Waals surface area contributed by atoms with Gasteiger partial charge in [-0.3, -0.25) is 9.69 Å². The molecule has 2 atom stereocenters. The first kappa shape index (κ1) is 28.0. The molecule has 15 heteroatoms. The number of hydrogen-bond acceptors (Lipinski definition) is 8. The van der Waals surface area contributed by atoms with Gasteiger partial charge in [-0.25, -0.2) is 9.67 Å². The van der Waals surface area contributed by atoms with E-state index < -0.39 is 41.3 Å². The number of rotatable bonds is 7. The van der Waals surface area contributed by atoms with E-state index in [9.17, 15) is 28.2 Å². The highest BCUT2D eigenvalue weighted by atomic mass is 35.5. The van der Waals surface area contributed by atoms with E-state index in [1.54, 1.807) is 24.3 Å². The molecule has 10 nitrogen and oxygen atoms in total. The van der Waals surface area contributed by atoms with Crippen LogP contribution in [0.4, 0.5) is 13.2 Å². The quantitative estimate of drug-likeness (QED) is 0.298. The minimum absolute atomic E-state index is 0.0277. The number of aliphatic hydroxyl groups is 1. The largest absolute Gasteiger partial charge is 0.481 e. The highest BCUT2D eigenvalue weighted by Gasteiger charge is 2.41. The number of aromatic nitrogens is 5. The SMILES string of the molecule is O=C(O)C1CCCN(CC(O)c2ccc(-c3noc(-c4cnn(-c5ncc(Cl)cc5Cl)c4C(F)(F)F)n3)cc2)C1. The maximum atomic E-state index is 14.1. The average Bonchev–Trinajstić information content (AvgIpc) is 3.57. The van der Waals surface area contributed by atoms with Crippen molar-refractivity contribution < 1.29 is 32.7 Å². The van der Waals surface area contributed by atoms with Gasteiger partial charge in [0.05, 0.1) is 33.8 Å². The van der Waals surface area contributed by atoms with Gasteiger partial charge in [0, 0.05) is 24.8 Å². The van der Waals surface area contributed by atoms with Crippen LogP contribution >= 0.6 is 23.2 Å². The number of carbonyl (C=O) groups is 1. The van der Waals surface area contributed by atoms with Crippen molar-refractivity contribution in [3.63, 3.8) is 0 Å². The first-order chi connectivity index (χ1) is 19.0. The Bertz CT molecular complexity index is 1530. The highest BCUT2D eigenvalue weighted by molar-refractivity contribution is 6.35. The lowest BCUT2D eigenvalue weighted by Gasteiger charge is -2.32. The predicted molar refractivity (Wildman–Crippen MR) is 137 cm³/mol. The summed E-state index contributed by atoms with van der Waals surface area (Å²) in [7, 11) is 0. The van der Waals surface area contributed by atoms with Gasteiger partial charge >= 0.3 is 12.1 Å². The molecule has 0 amide bonds. The van der Waals surface area contributed by atoms with Crippen LogP contribution in [0, 0.1) is 5.92 Å². The molecule has 0 radical (unpaired) electrons. The summed E-state index contributed by atoms with van der Waals surface area (Å²) in [5.41, 5.74) is -0.649. The minimum Gasteiger partial charge on any atom is -0.481 e. The number of alkyl halides is 3. The Morgan fingerprint density at radius 3 is 2.62 bits per heavy atom. The molecule has 0 saturated carbocycles. The van der Waals surface area contributed by atoms with E-state index in [2.05, 4.69) is 20.2 Å². The van der Waals surface area contributed by atoms with Crippen LogP contribution in [0.1, 0.15) is 30.2 Å². The van der Waals surface area contributed by atoms with Gasteiger partial charge < -0.3 is 14.7 Å². The number of nitrogens with zero attached hydrogens (tertiary/aromatic N) is 6. The Labute approximate surface area is 235 Å². The fourth-order valence-electron chi connectivity index (χ4n) is 4.58. The number of carboxylic acid groups (broad SMARTS) is 1. The summed E-state index contributed by atoms with van der Waals surface area (Å²) < 4.78 is 48.0. The van der Waals surface area contributed by atoms with Crippen molar-refractivity contribution in [2.24, 2.45) is 5.92 Å². The topological polar surface area (TPSA) is 130 Å². The van der Waals surface area contributed by atoms with E-state index in [-0.39, 0.29) is 28.2 Å². The molecule has 1 aliphatic heterocycles. The summed E-state index contributed by atoms with van der Waals surface area (Å²) >= 11 is 11.9. The molecular formula is C25H21Cl2F3N6O4. The lowest BCUT2D eigenvalue weighted by molar-refractivity contribution is -0.144. The number of aliphatic carboxylic acids is 1. The molecule has 5 rings (SSSR count). The minimum atomic E-state index is -4.87. The molecule has 1 saturated heterocycles. The molecule has 1 aliphatic rings. The number of hydrogen-bond donors (Lipinski definition) is 2. The molecular weight excluding hydrogens is 576 g/mol. The number of aliphatic hydroxyl groups excluding tert-OH is 1. The zero-order chi connectivity index (χ0) is 28.6. The Kier molecular flexibility index (Phi) is 7.82. The standard InChI is InChI=1S/C25H21Cl2F3N6O4/c26-16-8-18(27)22(31-9-16)36-20(25(28,29)30)17(10-32-36)23-33-21(34-40-23)14-5-3-13(4-6-14)19(37)12-35-7-1-2-15(11-35)24(38)39/h3-6,8-10,15,19,37H,1-2,7,11-12H2,(H,38,39). The van der Waals surface area contributed by atoms with Crippen molar-refractivity contribution in [2.45, 2.75) is 25.1 Å². The first-order valence-electron chi connectivity index (χ1n) is 12.1. The molecule has 0 aliphatic carbocycles. The number of halogens is 5. The Morgan fingerprint density at radius 1 is 1.20 bits per heavy atom. The van der Waals surface area contributed by atoms with E-state index in [0.717, 1.165) is 18.8 Å². The van der Waals surface area contributed by atoms with Gasteiger partial charge in [0.1, 0.15) is 0 Å². The van der Waals surface area contributed by atoms with E-state index >= 15 is 0 Å². The molecule has 4 heterocycles. The average molecular weight is 597 g/mol. The van der Waals surface area contributed by atoms with Crippen molar-refractivity contribution in [2.75, 3.05) is 19.6 Å². The van der Waals surface area contributed by atoms with Gasteiger partial charge in [-0.2, -0.15) is 23.3 Å². The van der Waals surface area contributed by atoms with Crippen LogP contribution in [0.5, 0.6) is 0 Å². The van der Waals surface area contributed by atoms with Crippen molar-refractivity contribution >= 4 is 29.2 Å². The summed E-state index contributed by atoms with van der Waals surface area (Å²) in [4.78, 5) is 21.2. The van der Waals surface area contributed by atoms with Crippen LogP contribution in [0.25, 0.3) is 28.7 Å². The second kappa shape index (κ2) is 11.2. The zero-order valence-corrected chi connectivity index (χ0v) is 22.0. The summed E-state index contributed by atoms with van der Waals surface area (Å²) in [6.07, 6.45) is -2.31. The first-order valence-corrected chi connectivity index (χ1v) is 12.8. The molecule has 1 aromatic carbocycles. The predicted octanol–water partition coefficient (Wildman–Crippen LogP) is 5.14. The van der Waals surface area contributed by atoms with E-state index in [4.69, 9.17) is 27.7 Å². The van der Waals surface area contributed by atoms with Gasteiger partial charge in [-0.05, 0) is 31.0 Å². The highest BCUT2D eigenvalue weighted by Crippen LogP contribution is 2.39. The molecule has 0 bridgehead atoms. The van der Waals surface area contributed by atoms with Crippen LogP contribution in [0.3, 0.4) is 0 Å². The van der Waals surface area contributed by atoms with E-state index in [1.165, 1.54) is 6.07 Å². The molecule has 0 spiro atoms. The van der Waals surface area contributed by atoms with Crippen LogP contribution < -0.4 is 0 Å². The third-order valence-electron chi connectivity index (χ3n) is 6.52. The van der Waals surface area contributed by atoms with Gasteiger partial charge in [-0.15, -0.1) is 0 Å². The van der Waals surface area contributed by atoms with Gasteiger partial charge in [0.15, 0.2) is 11.5 Å². The fraction of sp³-hybridized carbons (Fsp3) is 0.320. The number of carboxylic acids is 1. The molecule has 1 fully saturated rings. The van der Waals surface area contributed by atoms with Gasteiger partial charge in [-0.1, -0.05) is 52.6 Å². The number of benzene rings is 1. The van der Waals surface area contributed by atoms with E-state index in [0.29, 0.717) is 35.3 Å². The lowest BCUT2D eigenvalue weighted by atomic mass is 9.97. The van der Waals surface area contributed by atoms with Crippen LogP contribution in [0.15, 0.2) is 47.2 Å². The number of β-amino-alcohol motifs (C(OH)–C–C–N with tert-alkyl or cyclic N) is 1.